The van der Waals surface area contributed by atoms with Crippen molar-refractivity contribution in [2.45, 2.75) is 6.54 Å². The Labute approximate surface area is 144 Å². The van der Waals surface area contributed by atoms with Crippen molar-refractivity contribution in [3.63, 3.8) is 0 Å². The molecule has 23 heavy (non-hydrogen) atoms. The molecule has 2 aromatic heterocycles. The minimum absolute atomic E-state index is 0.277. The van der Waals surface area contributed by atoms with Gasteiger partial charge in [-0.3, -0.25) is 4.79 Å². The SMILES string of the molecule is O=C(N=c1sccn1Cc1ccccc1F)c1ccc(Br)nc1. The van der Waals surface area contributed by atoms with Crippen LogP contribution in [0.1, 0.15) is 15.9 Å². The van der Waals surface area contributed by atoms with E-state index in [1.54, 1.807) is 41.1 Å². The third-order valence-corrected chi connectivity index (χ3v) is 4.39. The van der Waals surface area contributed by atoms with Crippen LogP contribution in [0.2, 0.25) is 0 Å². The Hall–Kier alpha value is -2.12. The first-order valence-corrected chi connectivity index (χ1v) is 8.39. The van der Waals surface area contributed by atoms with E-state index >= 15 is 0 Å². The van der Waals surface area contributed by atoms with Crippen molar-refractivity contribution in [1.82, 2.24) is 9.55 Å². The molecule has 0 saturated carbocycles. The monoisotopic (exact) mass is 391 g/mol. The second kappa shape index (κ2) is 6.97. The van der Waals surface area contributed by atoms with E-state index < -0.39 is 0 Å². The summed E-state index contributed by atoms with van der Waals surface area (Å²) in [4.78, 5) is 20.8. The van der Waals surface area contributed by atoms with Gasteiger partial charge in [-0.1, -0.05) is 18.2 Å². The molecular weight excluding hydrogens is 381 g/mol. The summed E-state index contributed by atoms with van der Waals surface area (Å²) in [6, 6.07) is 9.89. The fourth-order valence-corrected chi connectivity index (χ4v) is 2.93. The van der Waals surface area contributed by atoms with Crippen LogP contribution in [0, 0.1) is 5.82 Å². The quantitative estimate of drug-likeness (QED) is 0.639. The molecule has 0 aliphatic heterocycles. The summed E-state index contributed by atoms with van der Waals surface area (Å²) in [5.74, 6) is -0.657. The van der Waals surface area contributed by atoms with Crippen LogP contribution in [0.4, 0.5) is 4.39 Å². The molecule has 0 bridgehead atoms. The van der Waals surface area contributed by atoms with Crippen LogP contribution in [0.25, 0.3) is 0 Å². The lowest BCUT2D eigenvalue weighted by Gasteiger charge is -2.04. The zero-order chi connectivity index (χ0) is 16.2. The highest BCUT2D eigenvalue weighted by atomic mass is 79.9. The van der Waals surface area contributed by atoms with Crippen molar-refractivity contribution in [2.75, 3.05) is 0 Å². The van der Waals surface area contributed by atoms with Gasteiger partial charge in [0.25, 0.3) is 5.91 Å². The smallest absolute Gasteiger partial charge is 0.281 e. The van der Waals surface area contributed by atoms with Gasteiger partial charge in [-0.2, -0.15) is 4.99 Å². The van der Waals surface area contributed by atoms with Gasteiger partial charge in [0.05, 0.1) is 12.1 Å². The lowest BCUT2D eigenvalue weighted by Crippen LogP contribution is -2.17. The van der Waals surface area contributed by atoms with Crippen molar-refractivity contribution in [3.8, 4) is 0 Å². The molecule has 0 aliphatic rings. The molecule has 0 fully saturated rings. The third-order valence-electron chi connectivity index (χ3n) is 3.13. The van der Waals surface area contributed by atoms with Gasteiger partial charge in [0.15, 0.2) is 4.80 Å². The molecule has 3 rings (SSSR count). The Morgan fingerprint density at radius 3 is 2.87 bits per heavy atom. The predicted octanol–water partition coefficient (Wildman–Crippen LogP) is 3.64. The van der Waals surface area contributed by atoms with Gasteiger partial charge in [-0.05, 0) is 34.1 Å². The second-order valence-electron chi connectivity index (χ2n) is 4.69. The molecule has 0 N–H and O–H groups in total. The largest absolute Gasteiger partial charge is 0.319 e. The molecule has 0 radical (unpaired) electrons. The van der Waals surface area contributed by atoms with Crippen LogP contribution < -0.4 is 4.80 Å². The number of hydrogen-bond acceptors (Lipinski definition) is 3. The van der Waals surface area contributed by atoms with Crippen molar-refractivity contribution in [1.29, 1.82) is 0 Å². The van der Waals surface area contributed by atoms with E-state index in [1.807, 2.05) is 5.38 Å². The topological polar surface area (TPSA) is 47.2 Å². The zero-order valence-corrected chi connectivity index (χ0v) is 14.2. The summed E-state index contributed by atoms with van der Waals surface area (Å²) in [5.41, 5.74) is 0.948. The predicted molar refractivity (Wildman–Crippen MR) is 89.6 cm³/mol. The molecular formula is C16H11BrFN3OS. The van der Waals surface area contributed by atoms with E-state index in [-0.39, 0.29) is 11.7 Å². The Balaban J connectivity index is 1.90. The molecule has 2 heterocycles. The van der Waals surface area contributed by atoms with Crippen molar-refractivity contribution in [2.24, 2.45) is 4.99 Å². The number of rotatable bonds is 3. The van der Waals surface area contributed by atoms with Gasteiger partial charge in [0.1, 0.15) is 10.4 Å². The number of halogens is 2. The Morgan fingerprint density at radius 2 is 2.13 bits per heavy atom. The van der Waals surface area contributed by atoms with E-state index in [0.717, 1.165) is 0 Å². The van der Waals surface area contributed by atoms with E-state index in [2.05, 4.69) is 25.9 Å². The van der Waals surface area contributed by atoms with Gasteiger partial charge < -0.3 is 4.57 Å². The number of pyridine rings is 1. The highest BCUT2D eigenvalue weighted by Gasteiger charge is 2.07. The molecule has 0 atom stereocenters. The van der Waals surface area contributed by atoms with Gasteiger partial charge in [-0.15, -0.1) is 11.3 Å². The first-order valence-electron chi connectivity index (χ1n) is 6.71. The van der Waals surface area contributed by atoms with Crippen LogP contribution in [0.5, 0.6) is 0 Å². The normalized spacial score (nSPS) is 11.7. The summed E-state index contributed by atoms with van der Waals surface area (Å²) in [5, 5.41) is 1.81. The van der Waals surface area contributed by atoms with Crippen LogP contribution in [0.15, 0.2) is 63.8 Å². The average Bonchev–Trinajstić information content (AvgIpc) is 2.97. The molecule has 0 aliphatic carbocycles. The Morgan fingerprint density at radius 1 is 1.30 bits per heavy atom. The molecule has 1 aromatic carbocycles. The van der Waals surface area contributed by atoms with E-state index in [4.69, 9.17) is 0 Å². The molecule has 0 spiro atoms. The lowest BCUT2D eigenvalue weighted by molar-refractivity contribution is 0.0997. The van der Waals surface area contributed by atoms with Crippen molar-refractivity contribution < 1.29 is 9.18 Å². The maximum atomic E-state index is 13.8. The molecule has 0 unspecified atom stereocenters. The van der Waals surface area contributed by atoms with E-state index in [9.17, 15) is 9.18 Å². The number of carbonyl (C=O) groups is 1. The molecule has 7 heteroatoms. The standard InChI is InChI=1S/C16H11BrFN3OS/c17-14-6-5-11(9-19-14)15(22)20-16-21(7-8-23-16)10-12-3-1-2-4-13(12)18/h1-9H,10H2. The highest BCUT2D eigenvalue weighted by molar-refractivity contribution is 9.10. The summed E-state index contributed by atoms with van der Waals surface area (Å²) < 4.78 is 16.2. The highest BCUT2D eigenvalue weighted by Crippen LogP contribution is 2.09. The maximum absolute atomic E-state index is 13.8. The van der Waals surface area contributed by atoms with Crippen molar-refractivity contribution in [3.05, 3.63) is 80.5 Å². The fourth-order valence-electron chi connectivity index (χ4n) is 1.97. The van der Waals surface area contributed by atoms with Crippen LogP contribution in [-0.4, -0.2) is 15.5 Å². The van der Waals surface area contributed by atoms with Gasteiger partial charge in [0, 0.05) is 23.3 Å². The van der Waals surface area contributed by atoms with Crippen LogP contribution in [-0.2, 0) is 6.54 Å². The fraction of sp³-hybridized carbons (Fsp3) is 0.0625. The number of benzene rings is 1. The van der Waals surface area contributed by atoms with Gasteiger partial charge in [0.2, 0.25) is 0 Å². The van der Waals surface area contributed by atoms with E-state index in [1.165, 1.54) is 23.6 Å². The summed E-state index contributed by atoms with van der Waals surface area (Å²) in [6.45, 7) is 0.320. The van der Waals surface area contributed by atoms with Gasteiger partial charge >= 0.3 is 0 Å². The van der Waals surface area contributed by atoms with E-state index in [0.29, 0.717) is 27.1 Å². The molecule has 0 saturated heterocycles. The van der Waals surface area contributed by atoms with Crippen LogP contribution in [0.3, 0.4) is 0 Å². The minimum atomic E-state index is -0.380. The minimum Gasteiger partial charge on any atom is -0.319 e. The van der Waals surface area contributed by atoms with Crippen LogP contribution >= 0.6 is 27.3 Å². The zero-order valence-electron chi connectivity index (χ0n) is 11.8. The number of hydrogen-bond donors (Lipinski definition) is 0. The first kappa shape index (κ1) is 15.8. The summed E-state index contributed by atoms with van der Waals surface area (Å²) in [6.07, 6.45) is 3.24. The first-order chi connectivity index (χ1) is 11.1. The maximum Gasteiger partial charge on any atom is 0.281 e. The molecule has 116 valence electrons. The molecule has 3 aromatic rings. The number of thiazole rings is 1. The van der Waals surface area contributed by atoms with Gasteiger partial charge in [-0.25, -0.2) is 9.37 Å². The summed E-state index contributed by atoms with van der Waals surface area (Å²) >= 11 is 4.54. The summed E-state index contributed by atoms with van der Waals surface area (Å²) in [7, 11) is 0. The number of aromatic nitrogens is 2. The third kappa shape index (κ3) is 3.80. The number of amides is 1. The Kier molecular flexibility index (Phi) is 4.78. The lowest BCUT2D eigenvalue weighted by atomic mass is 10.2. The molecule has 4 nitrogen and oxygen atoms in total. The second-order valence-corrected chi connectivity index (χ2v) is 6.38. The Bertz CT molecular complexity index is 902. The van der Waals surface area contributed by atoms with Crippen molar-refractivity contribution >= 4 is 33.2 Å². The number of carbonyl (C=O) groups excluding carboxylic acids is 1. The average molecular weight is 392 g/mol. The number of nitrogens with zero attached hydrogens (tertiary/aromatic N) is 3. The molecule has 1 amide bonds.